The van der Waals surface area contributed by atoms with Crippen molar-refractivity contribution in [1.29, 1.82) is 0 Å². The van der Waals surface area contributed by atoms with Crippen LogP contribution in [0.4, 0.5) is 0 Å². The predicted octanol–water partition coefficient (Wildman–Crippen LogP) is 3.72. The summed E-state index contributed by atoms with van der Waals surface area (Å²) >= 11 is 0. The number of hydrazone groups is 1. The second-order valence-corrected chi connectivity index (χ2v) is 7.48. The summed E-state index contributed by atoms with van der Waals surface area (Å²) in [5, 5.41) is 3.98. The van der Waals surface area contributed by atoms with Gasteiger partial charge in [-0.15, -0.1) is 0 Å². The molecule has 0 heterocycles. The zero-order chi connectivity index (χ0) is 27.7. The summed E-state index contributed by atoms with van der Waals surface area (Å²) in [4.78, 5) is 25.3. The van der Waals surface area contributed by atoms with Gasteiger partial charge in [0.2, 0.25) is 5.75 Å². The normalized spacial score (nSPS) is 10.5. The Bertz CT molecular complexity index is 1310. The number of rotatable bonds is 11. The van der Waals surface area contributed by atoms with E-state index < -0.39 is 11.9 Å². The van der Waals surface area contributed by atoms with Crippen LogP contribution in [0.1, 0.15) is 26.3 Å². The number of ether oxygens (including phenoxy) is 7. The molecule has 0 aliphatic heterocycles. The maximum atomic E-state index is 12.9. The Labute approximate surface area is 219 Å². The molecular weight excluding hydrogens is 496 g/mol. The molecule has 200 valence electrons. The van der Waals surface area contributed by atoms with Gasteiger partial charge in [-0.3, -0.25) is 4.79 Å². The quantitative estimate of drug-likeness (QED) is 0.173. The molecule has 1 amide bonds. The summed E-state index contributed by atoms with van der Waals surface area (Å²) in [5.41, 5.74) is 3.56. The third kappa shape index (κ3) is 6.25. The average molecular weight is 525 g/mol. The lowest BCUT2D eigenvalue weighted by Gasteiger charge is -2.14. The smallest absolute Gasteiger partial charge is 0.343 e. The van der Waals surface area contributed by atoms with Gasteiger partial charge in [0.15, 0.2) is 34.5 Å². The molecule has 0 aliphatic rings. The molecule has 0 atom stereocenters. The van der Waals surface area contributed by atoms with Crippen LogP contribution in [0.3, 0.4) is 0 Å². The van der Waals surface area contributed by atoms with Crippen molar-refractivity contribution >= 4 is 18.1 Å². The van der Waals surface area contributed by atoms with E-state index in [1.54, 1.807) is 36.4 Å². The standard InChI is InChI=1S/C27H28N2O9/c1-32-19-10-8-17(12-22(19)34-3)26(30)29-28-15-16-7-9-20(21(11-16)33-2)38-27(31)18-13-23(35-4)25(37-6)24(14-18)36-5/h7-15H,1-6H3,(H,29,30). The Kier molecular flexibility index (Phi) is 9.36. The van der Waals surface area contributed by atoms with E-state index in [-0.39, 0.29) is 17.1 Å². The first-order chi connectivity index (χ1) is 18.4. The van der Waals surface area contributed by atoms with Gasteiger partial charge in [0.05, 0.1) is 54.4 Å². The van der Waals surface area contributed by atoms with Crippen LogP contribution in [0.5, 0.6) is 40.2 Å². The molecule has 0 saturated heterocycles. The Morgan fingerprint density at radius 1 is 0.632 bits per heavy atom. The monoisotopic (exact) mass is 524 g/mol. The van der Waals surface area contributed by atoms with Crippen molar-refractivity contribution in [2.75, 3.05) is 42.7 Å². The number of nitrogens with one attached hydrogen (secondary N) is 1. The van der Waals surface area contributed by atoms with Gasteiger partial charge in [0, 0.05) is 5.56 Å². The van der Waals surface area contributed by atoms with E-state index in [4.69, 9.17) is 33.2 Å². The van der Waals surface area contributed by atoms with Crippen LogP contribution in [0.2, 0.25) is 0 Å². The Balaban J connectivity index is 1.73. The molecule has 3 aromatic carbocycles. The topological polar surface area (TPSA) is 123 Å². The van der Waals surface area contributed by atoms with Gasteiger partial charge in [-0.2, -0.15) is 5.10 Å². The molecule has 0 bridgehead atoms. The molecule has 0 saturated carbocycles. The summed E-state index contributed by atoms with van der Waals surface area (Å²) in [6, 6.07) is 12.5. The number of carbonyl (C=O) groups excluding carboxylic acids is 2. The molecule has 11 nitrogen and oxygen atoms in total. The van der Waals surface area contributed by atoms with Gasteiger partial charge < -0.3 is 33.2 Å². The van der Waals surface area contributed by atoms with Gasteiger partial charge in [-0.1, -0.05) is 0 Å². The van der Waals surface area contributed by atoms with Crippen molar-refractivity contribution in [2.45, 2.75) is 0 Å². The number of carbonyl (C=O) groups is 2. The molecular formula is C27H28N2O9. The zero-order valence-electron chi connectivity index (χ0n) is 21.8. The second kappa shape index (κ2) is 12.9. The van der Waals surface area contributed by atoms with Crippen molar-refractivity contribution in [3.63, 3.8) is 0 Å². The van der Waals surface area contributed by atoms with Gasteiger partial charge in [0.25, 0.3) is 5.91 Å². The van der Waals surface area contributed by atoms with Gasteiger partial charge in [0.1, 0.15) is 0 Å². The minimum atomic E-state index is -0.661. The van der Waals surface area contributed by atoms with Crippen LogP contribution in [0.15, 0.2) is 53.6 Å². The van der Waals surface area contributed by atoms with Gasteiger partial charge in [-0.25, -0.2) is 10.2 Å². The maximum Gasteiger partial charge on any atom is 0.343 e. The lowest BCUT2D eigenvalue weighted by molar-refractivity contribution is 0.0728. The van der Waals surface area contributed by atoms with Gasteiger partial charge >= 0.3 is 5.97 Å². The SMILES string of the molecule is COc1ccc(C(=O)NN=Cc2ccc(OC(=O)c3cc(OC)c(OC)c(OC)c3)c(OC)c2)cc1OC. The van der Waals surface area contributed by atoms with E-state index in [2.05, 4.69) is 10.5 Å². The fourth-order valence-corrected chi connectivity index (χ4v) is 3.41. The third-order valence-electron chi connectivity index (χ3n) is 5.32. The van der Waals surface area contributed by atoms with Crippen LogP contribution in [0.25, 0.3) is 0 Å². The van der Waals surface area contributed by atoms with E-state index in [1.165, 1.54) is 61.0 Å². The molecule has 0 fully saturated rings. The highest BCUT2D eigenvalue weighted by Gasteiger charge is 2.20. The van der Waals surface area contributed by atoms with Crippen molar-refractivity contribution in [3.8, 4) is 40.2 Å². The third-order valence-corrected chi connectivity index (χ3v) is 5.32. The van der Waals surface area contributed by atoms with E-state index in [0.717, 1.165) is 0 Å². The highest BCUT2D eigenvalue weighted by Crippen LogP contribution is 2.39. The average Bonchev–Trinajstić information content (AvgIpc) is 2.96. The molecule has 1 N–H and O–H groups in total. The van der Waals surface area contributed by atoms with E-state index in [1.807, 2.05) is 0 Å². The highest BCUT2D eigenvalue weighted by atomic mass is 16.6. The second-order valence-electron chi connectivity index (χ2n) is 7.48. The Hall–Kier alpha value is -4.93. The number of hydrogen-bond donors (Lipinski definition) is 1. The van der Waals surface area contributed by atoms with Crippen LogP contribution < -0.4 is 38.6 Å². The zero-order valence-corrected chi connectivity index (χ0v) is 21.8. The van der Waals surface area contributed by atoms with Crippen molar-refractivity contribution in [2.24, 2.45) is 5.10 Å². The number of amides is 1. The summed E-state index contributed by atoms with van der Waals surface area (Å²) in [5.74, 6) is 1.26. The number of methoxy groups -OCH3 is 6. The van der Waals surface area contributed by atoms with Crippen molar-refractivity contribution in [1.82, 2.24) is 5.43 Å². The minimum Gasteiger partial charge on any atom is -0.493 e. The first kappa shape index (κ1) is 27.7. The molecule has 0 unspecified atom stereocenters. The summed E-state index contributed by atoms with van der Waals surface area (Å²) < 4.78 is 37.2. The molecule has 0 spiro atoms. The summed E-state index contributed by atoms with van der Waals surface area (Å²) in [7, 11) is 8.80. The number of nitrogens with zero attached hydrogens (tertiary/aromatic N) is 1. The van der Waals surface area contributed by atoms with E-state index >= 15 is 0 Å². The van der Waals surface area contributed by atoms with E-state index in [0.29, 0.717) is 39.9 Å². The fraction of sp³-hybridized carbons (Fsp3) is 0.222. The molecule has 11 heteroatoms. The molecule has 0 radical (unpaired) electrons. The molecule has 38 heavy (non-hydrogen) atoms. The molecule has 0 aromatic heterocycles. The lowest BCUT2D eigenvalue weighted by atomic mass is 10.1. The van der Waals surface area contributed by atoms with E-state index in [9.17, 15) is 9.59 Å². The molecule has 0 aliphatic carbocycles. The predicted molar refractivity (Wildman–Crippen MR) is 139 cm³/mol. The number of benzene rings is 3. The Morgan fingerprint density at radius 3 is 1.76 bits per heavy atom. The Morgan fingerprint density at radius 2 is 1.18 bits per heavy atom. The largest absolute Gasteiger partial charge is 0.493 e. The van der Waals surface area contributed by atoms with Crippen LogP contribution in [0, 0.1) is 0 Å². The highest BCUT2D eigenvalue weighted by molar-refractivity contribution is 5.96. The maximum absolute atomic E-state index is 12.9. The van der Waals surface area contributed by atoms with Crippen LogP contribution in [-0.4, -0.2) is 60.7 Å². The summed E-state index contributed by atoms with van der Waals surface area (Å²) in [6.45, 7) is 0. The van der Waals surface area contributed by atoms with Crippen LogP contribution >= 0.6 is 0 Å². The minimum absolute atomic E-state index is 0.178. The molecule has 3 aromatic rings. The number of esters is 1. The fourth-order valence-electron chi connectivity index (χ4n) is 3.41. The van der Waals surface area contributed by atoms with Crippen LogP contribution in [-0.2, 0) is 0 Å². The van der Waals surface area contributed by atoms with Crippen molar-refractivity contribution in [3.05, 3.63) is 65.2 Å². The number of hydrogen-bond acceptors (Lipinski definition) is 10. The first-order valence-electron chi connectivity index (χ1n) is 11.1. The first-order valence-corrected chi connectivity index (χ1v) is 11.1. The van der Waals surface area contributed by atoms with Gasteiger partial charge in [-0.05, 0) is 54.1 Å². The lowest BCUT2D eigenvalue weighted by Crippen LogP contribution is -2.17. The van der Waals surface area contributed by atoms with Crippen molar-refractivity contribution < 1.29 is 42.7 Å². The molecule has 3 rings (SSSR count). The summed E-state index contributed by atoms with van der Waals surface area (Å²) in [6.07, 6.45) is 1.42.